The van der Waals surface area contributed by atoms with Crippen LogP contribution in [0.2, 0.25) is 5.02 Å². The van der Waals surface area contributed by atoms with Crippen molar-refractivity contribution >= 4 is 22.5 Å². The lowest BCUT2D eigenvalue weighted by atomic mass is 10.1. The number of rotatable bonds is 2. The molecule has 0 radical (unpaired) electrons. The molecule has 0 spiro atoms. The molecule has 1 N–H and O–H groups in total. The fourth-order valence-electron chi connectivity index (χ4n) is 2.68. The molecule has 0 unspecified atom stereocenters. The molecule has 96 valence electrons. The molecule has 1 aromatic carbocycles. The summed E-state index contributed by atoms with van der Waals surface area (Å²) in [5, 5.41) is 5.48. The quantitative estimate of drug-likeness (QED) is 0.897. The second kappa shape index (κ2) is 4.92. The minimum absolute atomic E-state index is 0.815. The number of fused-ring (bicyclic) bond motifs is 1. The van der Waals surface area contributed by atoms with Gasteiger partial charge in [-0.05, 0) is 23.8 Å². The molecule has 2 aromatic rings. The first-order valence-electron chi connectivity index (χ1n) is 6.40. The predicted molar refractivity (Wildman–Crippen MR) is 76.1 cm³/mol. The topological polar surface area (TPSA) is 20.2 Å². The van der Waals surface area contributed by atoms with Gasteiger partial charge in [0.15, 0.2) is 0 Å². The molecule has 1 aromatic heterocycles. The molecule has 0 saturated carbocycles. The van der Waals surface area contributed by atoms with Gasteiger partial charge in [0.1, 0.15) is 0 Å². The van der Waals surface area contributed by atoms with Gasteiger partial charge >= 0.3 is 0 Å². The maximum absolute atomic E-state index is 6.11. The summed E-state index contributed by atoms with van der Waals surface area (Å²) in [5.41, 5.74) is 2.63. The SMILES string of the molecule is Cn1cc(CN2CCNCC2)c2cc(Cl)ccc21. The number of hydrogen-bond acceptors (Lipinski definition) is 2. The van der Waals surface area contributed by atoms with Gasteiger partial charge in [0.05, 0.1) is 0 Å². The van der Waals surface area contributed by atoms with E-state index in [1.165, 1.54) is 16.5 Å². The molecule has 1 aliphatic rings. The normalized spacial score (nSPS) is 17.4. The summed E-state index contributed by atoms with van der Waals surface area (Å²) in [5.74, 6) is 0. The Morgan fingerprint density at radius 1 is 1.28 bits per heavy atom. The molecule has 2 heterocycles. The second-order valence-corrected chi connectivity index (χ2v) is 5.39. The molecule has 0 bridgehead atoms. The van der Waals surface area contributed by atoms with Crippen molar-refractivity contribution in [3.63, 3.8) is 0 Å². The molecule has 1 aliphatic heterocycles. The number of aromatic nitrogens is 1. The lowest BCUT2D eigenvalue weighted by Crippen LogP contribution is -2.42. The van der Waals surface area contributed by atoms with Crippen molar-refractivity contribution in [3.05, 3.63) is 35.0 Å². The maximum Gasteiger partial charge on any atom is 0.0482 e. The van der Waals surface area contributed by atoms with Crippen LogP contribution < -0.4 is 5.32 Å². The van der Waals surface area contributed by atoms with Crippen LogP contribution in [0.15, 0.2) is 24.4 Å². The minimum Gasteiger partial charge on any atom is -0.350 e. The Kier molecular flexibility index (Phi) is 3.29. The summed E-state index contributed by atoms with van der Waals surface area (Å²) in [6.45, 7) is 5.43. The summed E-state index contributed by atoms with van der Waals surface area (Å²) in [4.78, 5) is 2.49. The first-order valence-corrected chi connectivity index (χ1v) is 6.78. The van der Waals surface area contributed by atoms with Gasteiger partial charge in [-0.2, -0.15) is 0 Å². The van der Waals surface area contributed by atoms with Gasteiger partial charge in [0.25, 0.3) is 0 Å². The molecule has 0 atom stereocenters. The third-order valence-corrected chi connectivity index (χ3v) is 3.87. The van der Waals surface area contributed by atoms with E-state index >= 15 is 0 Å². The van der Waals surface area contributed by atoms with Crippen molar-refractivity contribution in [2.24, 2.45) is 7.05 Å². The van der Waals surface area contributed by atoms with E-state index in [0.29, 0.717) is 0 Å². The van der Waals surface area contributed by atoms with E-state index in [-0.39, 0.29) is 0 Å². The Hall–Kier alpha value is -1.03. The highest BCUT2D eigenvalue weighted by atomic mass is 35.5. The summed E-state index contributed by atoms with van der Waals surface area (Å²) in [6.07, 6.45) is 2.23. The Bertz CT molecular complexity index is 555. The van der Waals surface area contributed by atoms with Crippen molar-refractivity contribution in [1.82, 2.24) is 14.8 Å². The number of hydrogen-bond donors (Lipinski definition) is 1. The van der Waals surface area contributed by atoms with Crippen LogP contribution in [0.3, 0.4) is 0 Å². The Balaban J connectivity index is 1.93. The first-order chi connectivity index (χ1) is 8.74. The standard InChI is InChI=1S/C14H18ClN3/c1-17-9-11(10-18-6-4-16-5-7-18)13-8-12(15)2-3-14(13)17/h2-3,8-9,16H,4-7,10H2,1H3. The zero-order valence-corrected chi connectivity index (χ0v) is 11.4. The van der Waals surface area contributed by atoms with Crippen molar-refractivity contribution in [2.75, 3.05) is 26.2 Å². The van der Waals surface area contributed by atoms with E-state index < -0.39 is 0 Å². The van der Waals surface area contributed by atoms with E-state index in [4.69, 9.17) is 11.6 Å². The summed E-state index contributed by atoms with van der Waals surface area (Å²) in [6, 6.07) is 6.13. The summed E-state index contributed by atoms with van der Waals surface area (Å²) in [7, 11) is 2.09. The summed E-state index contributed by atoms with van der Waals surface area (Å²) < 4.78 is 2.18. The van der Waals surface area contributed by atoms with Gasteiger partial charge in [-0.3, -0.25) is 4.90 Å². The molecule has 1 saturated heterocycles. The van der Waals surface area contributed by atoms with Gasteiger partial charge < -0.3 is 9.88 Å². The fraction of sp³-hybridized carbons (Fsp3) is 0.429. The average Bonchev–Trinajstić information content (AvgIpc) is 2.67. The van der Waals surface area contributed by atoms with E-state index in [9.17, 15) is 0 Å². The van der Waals surface area contributed by atoms with E-state index in [1.807, 2.05) is 6.07 Å². The van der Waals surface area contributed by atoms with Crippen molar-refractivity contribution in [3.8, 4) is 0 Å². The van der Waals surface area contributed by atoms with Crippen LogP contribution in [-0.4, -0.2) is 35.6 Å². The van der Waals surface area contributed by atoms with Crippen LogP contribution in [0.5, 0.6) is 0 Å². The summed E-state index contributed by atoms with van der Waals surface area (Å²) >= 11 is 6.11. The molecule has 4 heteroatoms. The van der Waals surface area contributed by atoms with Crippen molar-refractivity contribution in [1.29, 1.82) is 0 Å². The molecule has 18 heavy (non-hydrogen) atoms. The Morgan fingerprint density at radius 3 is 2.83 bits per heavy atom. The largest absolute Gasteiger partial charge is 0.350 e. The third kappa shape index (κ3) is 2.26. The number of benzene rings is 1. The zero-order valence-electron chi connectivity index (χ0n) is 10.6. The zero-order chi connectivity index (χ0) is 12.5. The van der Waals surface area contributed by atoms with Crippen LogP contribution in [0, 0.1) is 0 Å². The fourth-order valence-corrected chi connectivity index (χ4v) is 2.85. The van der Waals surface area contributed by atoms with Gasteiger partial charge in [0.2, 0.25) is 0 Å². The first kappa shape index (κ1) is 12.0. The van der Waals surface area contributed by atoms with Crippen molar-refractivity contribution in [2.45, 2.75) is 6.54 Å². The lowest BCUT2D eigenvalue weighted by molar-refractivity contribution is 0.234. The highest BCUT2D eigenvalue weighted by Crippen LogP contribution is 2.25. The van der Waals surface area contributed by atoms with E-state index in [1.54, 1.807) is 0 Å². The molecular weight excluding hydrogens is 246 g/mol. The molecule has 3 nitrogen and oxygen atoms in total. The Labute approximate surface area is 112 Å². The van der Waals surface area contributed by atoms with Crippen LogP contribution in [0.4, 0.5) is 0 Å². The average molecular weight is 264 g/mol. The Morgan fingerprint density at radius 2 is 2.06 bits per heavy atom. The van der Waals surface area contributed by atoms with E-state index in [0.717, 1.165) is 37.7 Å². The van der Waals surface area contributed by atoms with Gasteiger partial charge in [-0.15, -0.1) is 0 Å². The minimum atomic E-state index is 0.815. The highest BCUT2D eigenvalue weighted by molar-refractivity contribution is 6.31. The molecular formula is C14H18ClN3. The molecule has 0 aliphatic carbocycles. The van der Waals surface area contributed by atoms with Crippen LogP contribution in [0.25, 0.3) is 10.9 Å². The second-order valence-electron chi connectivity index (χ2n) is 4.95. The van der Waals surface area contributed by atoms with Gasteiger partial charge in [-0.1, -0.05) is 11.6 Å². The van der Waals surface area contributed by atoms with E-state index in [2.05, 4.69) is 40.2 Å². The van der Waals surface area contributed by atoms with Crippen LogP contribution in [0.1, 0.15) is 5.56 Å². The third-order valence-electron chi connectivity index (χ3n) is 3.64. The van der Waals surface area contributed by atoms with Gasteiger partial charge in [-0.25, -0.2) is 0 Å². The number of nitrogens with one attached hydrogen (secondary N) is 1. The van der Waals surface area contributed by atoms with Gasteiger partial charge in [0, 0.05) is 61.9 Å². The monoisotopic (exact) mass is 263 g/mol. The number of aryl methyl sites for hydroxylation is 1. The number of nitrogens with zero attached hydrogens (tertiary/aromatic N) is 2. The van der Waals surface area contributed by atoms with Crippen LogP contribution >= 0.6 is 11.6 Å². The van der Waals surface area contributed by atoms with Crippen molar-refractivity contribution < 1.29 is 0 Å². The molecule has 0 amide bonds. The maximum atomic E-state index is 6.11. The number of piperazine rings is 1. The molecule has 3 rings (SSSR count). The smallest absolute Gasteiger partial charge is 0.0482 e. The highest BCUT2D eigenvalue weighted by Gasteiger charge is 2.13. The van der Waals surface area contributed by atoms with Crippen LogP contribution in [-0.2, 0) is 13.6 Å². The lowest BCUT2D eigenvalue weighted by Gasteiger charge is -2.26. The number of halogens is 1. The predicted octanol–water partition coefficient (Wildman–Crippen LogP) is 2.24. The molecule has 1 fully saturated rings.